The molecule has 0 aliphatic carbocycles. The molecule has 114 valence electrons. The Labute approximate surface area is 128 Å². The van der Waals surface area contributed by atoms with E-state index in [1.165, 1.54) is 24.3 Å². The van der Waals surface area contributed by atoms with E-state index in [9.17, 15) is 13.6 Å². The van der Waals surface area contributed by atoms with Crippen molar-refractivity contribution in [2.24, 2.45) is 0 Å². The highest BCUT2D eigenvalue weighted by Crippen LogP contribution is 2.12. The normalized spacial score (nSPS) is 10.9. The fourth-order valence-electron chi connectivity index (χ4n) is 1.99. The number of halogens is 2. The number of hydrogen-bond acceptors (Lipinski definition) is 1. The van der Waals surface area contributed by atoms with Gasteiger partial charge in [-0.15, -0.1) is 0 Å². The summed E-state index contributed by atoms with van der Waals surface area (Å²) in [6.45, 7) is 2.16. The molecule has 0 radical (unpaired) electrons. The Hall–Kier alpha value is -2.49. The van der Waals surface area contributed by atoms with Crippen molar-refractivity contribution in [1.82, 2.24) is 5.32 Å². The van der Waals surface area contributed by atoms with Crippen LogP contribution in [0.15, 0.2) is 48.5 Å². The van der Waals surface area contributed by atoms with Gasteiger partial charge < -0.3 is 5.32 Å². The highest BCUT2D eigenvalue weighted by atomic mass is 19.1. The maximum absolute atomic E-state index is 13.4. The molecule has 0 bridgehead atoms. The maximum atomic E-state index is 13.4. The van der Waals surface area contributed by atoms with E-state index in [1.54, 1.807) is 6.08 Å². The van der Waals surface area contributed by atoms with Gasteiger partial charge in [0.05, 0.1) is 0 Å². The molecule has 0 aliphatic rings. The monoisotopic (exact) mass is 301 g/mol. The molecule has 1 N–H and O–H groups in total. The van der Waals surface area contributed by atoms with E-state index in [-0.39, 0.29) is 24.4 Å². The molecule has 2 aromatic rings. The Balaban J connectivity index is 1.84. The summed E-state index contributed by atoms with van der Waals surface area (Å²) >= 11 is 0. The lowest BCUT2D eigenvalue weighted by atomic mass is 10.1. The van der Waals surface area contributed by atoms with Gasteiger partial charge in [0.15, 0.2) is 0 Å². The Morgan fingerprint density at radius 3 is 2.36 bits per heavy atom. The van der Waals surface area contributed by atoms with Crippen molar-refractivity contribution < 1.29 is 13.6 Å². The Morgan fingerprint density at radius 1 is 1.09 bits per heavy atom. The van der Waals surface area contributed by atoms with Gasteiger partial charge in [-0.25, -0.2) is 8.78 Å². The van der Waals surface area contributed by atoms with Crippen LogP contribution in [0.4, 0.5) is 8.78 Å². The van der Waals surface area contributed by atoms with E-state index >= 15 is 0 Å². The molecule has 1 amide bonds. The van der Waals surface area contributed by atoms with Crippen molar-refractivity contribution in [3.8, 4) is 0 Å². The second-order valence-electron chi connectivity index (χ2n) is 4.99. The van der Waals surface area contributed by atoms with Crippen molar-refractivity contribution in [2.45, 2.75) is 13.3 Å². The molecule has 0 aliphatic heterocycles. The summed E-state index contributed by atoms with van der Waals surface area (Å²) in [7, 11) is 0. The zero-order valence-electron chi connectivity index (χ0n) is 12.3. The first kappa shape index (κ1) is 15.9. The third kappa shape index (κ3) is 4.52. The molecule has 22 heavy (non-hydrogen) atoms. The molecule has 0 fully saturated rings. The Morgan fingerprint density at radius 2 is 1.73 bits per heavy atom. The van der Waals surface area contributed by atoms with E-state index in [0.717, 1.165) is 11.1 Å². The molecule has 0 spiro atoms. The van der Waals surface area contributed by atoms with Crippen LogP contribution in [0.25, 0.3) is 6.08 Å². The summed E-state index contributed by atoms with van der Waals surface area (Å²) in [5.74, 6) is -1.48. The fourth-order valence-corrected chi connectivity index (χ4v) is 1.99. The molecule has 0 atom stereocenters. The number of carbonyl (C=O) groups is 1. The van der Waals surface area contributed by atoms with E-state index in [2.05, 4.69) is 5.32 Å². The van der Waals surface area contributed by atoms with Crippen LogP contribution in [-0.2, 0) is 11.2 Å². The molecule has 2 nitrogen and oxygen atoms in total. The van der Waals surface area contributed by atoms with Gasteiger partial charge in [-0.3, -0.25) is 4.79 Å². The molecular weight excluding hydrogens is 284 g/mol. The van der Waals surface area contributed by atoms with Crippen molar-refractivity contribution in [3.05, 3.63) is 76.9 Å². The maximum Gasteiger partial charge on any atom is 0.244 e. The van der Waals surface area contributed by atoms with Gasteiger partial charge in [0, 0.05) is 18.2 Å². The van der Waals surface area contributed by atoms with Crippen LogP contribution in [0, 0.1) is 18.6 Å². The van der Waals surface area contributed by atoms with E-state index < -0.39 is 11.6 Å². The second-order valence-corrected chi connectivity index (χ2v) is 4.99. The van der Waals surface area contributed by atoms with Gasteiger partial charge in [0.25, 0.3) is 0 Å². The van der Waals surface area contributed by atoms with Crippen LogP contribution in [0.3, 0.4) is 0 Å². The lowest BCUT2D eigenvalue weighted by molar-refractivity contribution is -0.116. The molecule has 0 unspecified atom stereocenters. The van der Waals surface area contributed by atoms with Crippen molar-refractivity contribution in [1.29, 1.82) is 0 Å². The summed E-state index contributed by atoms with van der Waals surface area (Å²) in [5.41, 5.74) is 2.06. The minimum absolute atomic E-state index is 0.00897. The number of benzene rings is 2. The number of aryl methyl sites for hydroxylation is 1. The van der Waals surface area contributed by atoms with E-state index in [0.29, 0.717) is 0 Å². The van der Waals surface area contributed by atoms with Crippen LogP contribution >= 0.6 is 0 Å². The quantitative estimate of drug-likeness (QED) is 0.839. The molecule has 0 saturated heterocycles. The minimum Gasteiger partial charge on any atom is -0.352 e. The van der Waals surface area contributed by atoms with Crippen LogP contribution in [0.1, 0.15) is 16.7 Å². The van der Waals surface area contributed by atoms with Crippen LogP contribution in [0.5, 0.6) is 0 Å². The summed E-state index contributed by atoms with van der Waals surface area (Å²) < 4.78 is 26.8. The van der Waals surface area contributed by atoms with Crippen LogP contribution < -0.4 is 5.32 Å². The summed E-state index contributed by atoms with van der Waals surface area (Å²) in [6.07, 6.45) is 3.21. The smallest absolute Gasteiger partial charge is 0.244 e. The topological polar surface area (TPSA) is 29.1 Å². The molecule has 0 saturated carbocycles. The van der Waals surface area contributed by atoms with Crippen LogP contribution in [0.2, 0.25) is 0 Å². The van der Waals surface area contributed by atoms with Crippen molar-refractivity contribution >= 4 is 12.0 Å². The number of carbonyl (C=O) groups excluding carboxylic acids is 1. The largest absolute Gasteiger partial charge is 0.352 e. The number of amides is 1. The first-order valence-corrected chi connectivity index (χ1v) is 7.02. The molecule has 0 aromatic heterocycles. The van der Waals surface area contributed by atoms with Crippen molar-refractivity contribution in [3.63, 3.8) is 0 Å². The van der Waals surface area contributed by atoms with Gasteiger partial charge in [-0.2, -0.15) is 0 Å². The second kappa shape index (κ2) is 7.50. The zero-order valence-corrected chi connectivity index (χ0v) is 12.3. The van der Waals surface area contributed by atoms with E-state index in [4.69, 9.17) is 0 Å². The third-order valence-corrected chi connectivity index (χ3v) is 3.24. The Bertz CT molecular complexity index is 658. The highest BCUT2D eigenvalue weighted by Gasteiger charge is 2.07. The summed E-state index contributed by atoms with van der Waals surface area (Å²) in [4.78, 5) is 11.7. The molecule has 2 rings (SSSR count). The molecular formula is C18H17F2NO. The van der Waals surface area contributed by atoms with E-state index in [1.807, 2.05) is 31.2 Å². The van der Waals surface area contributed by atoms with Gasteiger partial charge in [0.2, 0.25) is 5.91 Å². The number of hydrogen-bond donors (Lipinski definition) is 1. The first-order valence-electron chi connectivity index (χ1n) is 7.02. The van der Waals surface area contributed by atoms with Gasteiger partial charge >= 0.3 is 0 Å². The number of rotatable bonds is 5. The lowest BCUT2D eigenvalue weighted by Gasteiger charge is -2.05. The predicted molar refractivity (Wildman–Crippen MR) is 83.3 cm³/mol. The number of nitrogens with one attached hydrogen (secondary N) is 1. The average Bonchev–Trinajstić information content (AvgIpc) is 2.50. The molecule has 2 aromatic carbocycles. The highest BCUT2D eigenvalue weighted by molar-refractivity contribution is 5.91. The average molecular weight is 301 g/mol. The predicted octanol–water partition coefficient (Wildman–Crippen LogP) is 3.65. The van der Waals surface area contributed by atoms with Crippen LogP contribution in [-0.4, -0.2) is 12.5 Å². The van der Waals surface area contributed by atoms with Gasteiger partial charge in [-0.05, 0) is 37.1 Å². The minimum atomic E-state index is -0.593. The van der Waals surface area contributed by atoms with Gasteiger partial charge in [0.1, 0.15) is 11.6 Å². The Kier molecular flexibility index (Phi) is 5.42. The fraction of sp³-hybridized carbons (Fsp3) is 0.167. The van der Waals surface area contributed by atoms with Crippen molar-refractivity contribution in [2.75, 3.05) is 6.54 Å². The molecule has 0 heterocycles. The standard InChI is InChI=1S/C18H17F2NO/c1-13-5-7-14(8-6-13)9-10-18(22)21-12-11-15-16(19)3-2-4-17(15)20/h2-10H,11-12H2,1H3,(H,21,22). The summed E-state index contributed by atoms with van der Waals surface area (Å²) in [5, 5.41) is 2.61. The molecule has 4 heteroatoms. The SMILES string of the molecule is Cc1ccc(C=CC(=O)NCCc2c(F)cccc2F)cc1. The summed E-state index contributed by atoms with van der Waals surface area (Å²) in [6, 6.07) is 11.5. The first-order chi connectivity index (χ1) is 10.6. The lowest BCUT2D eigenvalue weighted by Crippen LogP contribution is -2.24. The third-order valence-electron chi connectivity index (χ3n) is 3.24. The zero-order chi connectivity index (χ0) is 15.9. The van der Waals surface area contributed by atoms with Gasteiger partial charge in [-0.1, -0.05) is 35.9 Å².